The summed E-state index contributed by atoms with van der Waals surface area (Å²) in [5.41, 5.74) is 5.66. The molecule has 17 heavy (non-hydrogen) atoms. The van der Waals surface area contributed by atoms with E-state index in [2.05, 4.69) is 0 Å². The Bertz CT molecular complexity index is 254. The molecule has 0 aromatic rings. The van der Waals surface area contributed by atoms with Gasteiger partial charge in [-0.3, -0.25) is 4.79 Å². The fraction of sp³-hybridized carbons (Fsp3) is 0.923. The van der Waals surface area contributed by atoms with E-state index < -0.39 is 0 Å². The van der Waals surface area contributed by atoms with Crippen LogP contribution in [0.25, 0.3) is 0 Å². The van der Waals surface area contributed by atoms with Gasteiger partial charge >= 0.3 is 0 Å². The molecule has 0 spiro atoms. The zero-order valence-electron chi connectivity index (χ0n) is 10.5. The van der Waals surface area contributed by atoms with Gasteiger partial charge in [0.1, 0.15) is 0 Å². The van der Waals surface area contributed by atoms with Gasteiger partial charge in [-0.15, -0.1) is 0 Å². The second-order valence-electron chi connectivity index (χ2n) is 5.51. The Morgan fingerprint density at radius 2 is 1.71 bits per heavy atom. The molecule has 2 fully saturated rings. The van der Waals surface area contributed by atoms with Crippen LogP contribution < -0.4 is 5.73 Å². The van der Waals surface area contributed by atoms with Crippen molar-refractivity contribution in [1.29, 1.82) is 0 Å². The van der Waals surface area contributed by atoms with Crippen molar-refractivity contribution in [2.45, 2.75) is 44.6 Å². The van der Waals surface area contributed by atoms with E-state index in [1.807, 2.05) is 4.90 Å². The van der Waals surface area contributed by atoms with Gasteiger partial charge in [0.15, 0.2) is 0 Å². The van der Waals surface area contributed by atoms with Crippen molar-refractivity contribution in [3.8, 4) is 0 Å². The fourth-order valence-corrected chi connectivity index (χ4v) is 2.99. The van der Waals surface area contributed by atoms with Crippen LogP contribution in [0.4, 0.5) is 0 Å². The maximum atomic E-state index is 12.3. The maximum Gasteiger partial charge on any atom is 0.225 e. The van der Waals surface area contributed by atoms with Crippen molar-refractivity contribution in [3.63, 3.8) is 0 Å². The Labute approximate surface area is 103 Å². The van der Waals surface area contributed by atoms with Gasteiger partial charge in [0.2, 0.25) is 5.91 Å². The Morgan fingerprint density at radius 1 is 1.12 bits per heavy atom. The first kappa shape index (κ1) is 12.8. The average molecular weight is 240 g/mol. The van der Waals surface area contributed by atoms with Crippen molar-refractivity contribution < 1.29 is 9.90 Å². The third-order valence-corrected chi connectivity index (χ3v) is 4.31. The minimum absolute atomic E-state index is 0.202. The third kappa shape index (κ3) is 3.19. The highest BCUT2D eigenvalue weighted by Gasteiger charge is 2.30. The SMILES string of the molecule is NCC1CCC(C(=O)N2CCC(O)CC2)CC1. The van der Waals surface area contributed by atoms with Crippen LogP contribution >= 0.6 is 0 Å². The Morgan fingerprint density at radius 3 is 2.24 bits per heavy atom. The van der Waals surface area contributed by atoms with E-state index >= 15 is 0 Å². The monoisotopic (exact) mass is 240 g/mol. The van der Waals surface area contributed by atoms with Gasteiger partial charge in [0.05, 0.1) is 6.10 Å². The summed E-state index contributed by atoms with van der Waals surface area (Å²) in [5, 5.41) is 9.43. The lowest BCUT2D eigenvalue weighted by molar-refractivity contribution is -0.138. The topological polar surface area (TPSA) is 66.6 Å². The lowest BCUT2D eigenvalue weighted by Crippen LogP contribution is -2.44. The van der Waals surface area contributed by atoms with E-state index in [0.717, 1.165) is 58.2 Å². The van der Waals surface area contributed by atoms with E-state index in [1.165, 1.54) is 0 Å². The zero-order valence-corrected chi connectivity index (χ0v) is 10.5. The first-order valence-corrected chi connectivity index (χ1v) is 6.87. The van der Waals surface area contributed by atoms with Crippen molar-refractivity contribution in [2.75, 3.05) is 19.6 Å². The molecule has 4 nitrogen and oxygen atoms in total. The second-order valence-corrected chi connectivity index (χ2v) is 5.51. The summed E-state index contributed by atoms with van der Waals surface area (Å²) in [7, 11) is 0. The fourth-order valence-electron chi connectivity index (χ4n) is 2.99. The molecule has 0 aromatic carbocycles. The van der Waals surface area contributed by atoms with E-state index in [-0.39, 0.29) is 12.0 Å². The first-order chi connectivity index (χ1) is 8.20. The zero-order chi connectivity index (χ0) is 12.3. The van der Waals surface area contributed by atoms with Crippen LogP contribution in [0.1, 0.15) is 38.5 Å². The standard InChI is InChI=1S/C13H24N2O2/c14-9-10-1-3-11(4-2-10)13(17)15-7-5-12(16)6-8-15/h10-12,16H,1-9,14H2. The minimum Gasteiger partial charge on any atom is -0.393 e. The van der Waals surface area contributed by atoms with E-state index in [4.69, 9.17) is 5.73 Å². The molecule has 1 aliphatic heterocycles. The predicted molar refractivity (Wildman–Crippen MR) is 66.3 cm³/mol. The summed E-state index contributed by atoms with van der Waals surface area (Å²) in [6, 6.07) is 0. The number of hydrogen-bond acceptors (Lipinski definition) is 3. The summed E-state index contributed by atoms with van der Waals surface area (Å²) in [5.74, 6) is 1.16. The van der Waals surface area contributed by atoms with Crippen molar-refractivity contribution >= 4 is 5.91 Å². The second kappa shape index (κ2) is 5.83. The van der Waals surface area contributed by atoms with Gasteiger partial charge < -0.3 is 15.7 Å². The molecule has 0 radical (unpaired) electrons. The lowest BCUT2D eigenvalue weighted by atomic mass is 9.81. The molecule has 98 valence electrons. The predicted octanol–water partition coefficient (Wildman–Crippen LogP) is 0.735. The molecule has 1 heterocycles. The molecule has 2 aliphatic rings. The highest BCUT2D eigenvalue weighted by atomic mass is 16.3. The number of carbonyl (C=O) groups excluding carboxylic acids is 1. The van der Waals surface area contributed by atoms with Crippen LogP contribution in [0.2, 0.25) is 0 Å². The van der Waals surface area contributed by atoms with Gasteiger partial charge in [0, 0.05) is 19.0 Å². The molecule has 1 aliphatic carbocycles. The Balaban J connectivity index is 1.80. The van der Waals surface area contributed by atoms with Crippen LogP contribution in [0.5, 0.6) is 0 Å². The quantitative estimate of drug-likeness (QED) is 0.748. The highest BCUT2D eigenvalue weighted by molar-refractivity contribution is 5.79. The molecule has 0 unspecified atom stereocenters. The van der Waals surface area contributed by atoms with Crippen LogP contribution in [-0.4, -0.2) is 41.7 Å². The summed E-state index contributed by atoms with van der Waals surface area (Å²) < 4.78 is 0. The molecule has 4 heteroatoms. The number of nitrogens with two attached hydrogens (primary N) is 1. The number of hydrogen-bond donors (Lipinski definition) is 2. The molecular formula is C13H24N2O2. The number of aliphatic hydroxyl groups is 1. The third-order valence-electron chi connectivity index (χ3n) is 4.31. The normalized spacial score (nSPS) is 31.5. The van der Waals surface area contributed by atoms with Crippen LogP contribution in [0.15, 0.2) is 0 Å². The van der Waals surface area contributed by atoms with Crippen LogP contribution in [0, 0.1) is 11.8 Å². The van der Waals surface area contributed by atoms with E-state index in [1.54, 1.807) is 0 Å². The molecule has 0 bridgehead atoms. The molecule has 0 atom stereocenters. The van der Waals surface area contributed by atoms with Crippen LogP contribution in [0.3, 0.4) is 0 Å². The molecule has 1 saturated carbocycles. The first-order valence-electron chi connectivity index (χ1n) is 6.87. The van der Waals surface area contributed by atoms with Crippen LogP contribution in [-0.2, 0) is 4.79 Å². The van der Waals surface area contributed by atoms with Gasteiger partial charge in [-0.1, -0.05) is 0 Å². The average Bonchev–Trinajstić information content (AvgIpc) is 2.39. The Kier molecular flexibility index (Phi) is 4.40. The summed E-state index contributed by atoms with van der Waals surface area (Å²) >= 11 is 0. The van der Waals surface area contributed by atoms with E-state index in [0.29, 0.717) is 11.8 Å². The van der Waals surface area contributed by atoms with E-state index in [9.17, 15) is 9.90 Å². The molecule has 2 rings (SSSR count). The number of nitrogens with zero attached hydrogens (tertiary/aromatic N) is 1. The number of carbonyl (C=O) groups is 1. The van der Waals surface area contributed by atoms with Crippen molar-refractivity contribution in [1.82, 2.24) is 4.90 Å². The molecule has 1 saturated heterocycles. The molecule has 0 aromatic heterocycles. The van der Waals surface area contributed by atoms with Gasteiger partial charge in [-0.05, 0) is 51.0 Å². The smallest absolute Gasteiger partial charge is 0.225 e. The highest BCUT2D eigenvalue weighted by Crippen LogP contribution is 2.30. The summed E-state index contributed by atoms with van der Waals surface area (Å²) in [4.78, 5) is 14.2. The molecular weight excluding hydrogens is 216 g/mol. The van der Waals surface area contributed by atoms with Gasteiger partial charge in [-0.2, -0.15) is 0 Å². The number of piperidine rings is 1. The number of amides is 1. The Hall–Kier alpha value is -0.610. The van der Waals surface area contributed by atoms with Crippen molar-refractivity contribution in [3.05, 3.63) is 0 Å². The van der Waals surface area contributed by atoms with Gasteiger partial charge in [0.25, 0.3) is 0 Å². The molecule has 3 N–H and O–H groups in total. The summed E-state index contributed by atoms with van der Waals surface area (Å²) in [6.45, 7) is 2.23. The minimum atomic E-state index is -0.202. The maximum absolute atomic E-state index is 12.3. The lowest BCUT2D eigenvalue weighted by Gasteiger charge is -2.35. The summed E-state index contributed by atoms with van der Waals surface area (Å²) in [6.07, 6.45) is 5.48. The van der Waals surface area contributed by atoms with Crippen molar-refractivity contribution in [2.24, 2.45) is 17.6 Å². The number of rotatable bonds is 2. The molecule has 1 amide bonds. The van der Waals surface area contributed by atoms with Gasteiger partial charge in [-0.25, -0.2) is 0 Å². The number of likely N-dealkylation sites (tertiary alicyclic amines) is 1. The number of aliphatic hydroxyl groups excluding tert-OH is 1. The largest absolute Gasteiger partial charge is 0.393 e.